The van der Waals surface area contributed by atoms with Gasteiger partial charge in [-0.25, -0.2) is 0 Å². The second-order valence-electron chi connectivity index (χ2n) is 5.86. The first-order valence-electron chi connectivity index (χ1n) is 7.17. The van der Waals surface area contributed by atoms with Crippen LogP contribution in [0.15, 0.2) is 24.3 Å². The fourth-order valence-corrected chi connectivity index (χ4v) is 3.50. The molecule has 2 fully saturated rings. The minimum absolute atomic E-state index is 0.231. The third-order valence-electron chi connectivity index (χ3n) is 4.61. The molecule has 3 rings (SSSR count). The van der Waals surface area contributed by atoms with Crippen LogP contribution in [-0.2, 0) is 0 Å². The van der Waals surface area contributed by atoms with Gasteiger partial charge in [-0.3, -0.25) is 0 Å². The average Bonchev–Trinajstić information content (AvgIpc) is 2.82. The molecule has 2 atom stereocenters. The van der Waals surface area contributed by atoms with E-state index in [2.05, 4.69) is 23.5 Å². The van der Waals surface area contributed by atoms with E-state index in [1.165, 1.54) is 31.2 Å². The van der Waals surface area contributed by atoms with Crippen LogP contribution < -0.4 is 5.32 Å². The van der Waals surface area contributed by atoms with Crippen LogP contribution in [0.5, 0.6) is 0 Å². The highest BCUT2D eigenvalue weighted by atomic mass is 35.5. The minimum Gasteiger partial charge on any atom is -0.310 e. The Hall–Kier alpha value is -1.04. The van der Waals surface area contributed by atoms with Crippen molar-refractivity contribution in [1.29, 1.82) is 5.26 Å². The van der Waals surface area contributed by atoms with Crippen LogP contribution >= 0.6 is 11.6 Å². The van der Waals surface area contributed by atoms with E-state index in [4.69, 9.17) is 16.9 Å². The van der Waals surface area contributed by atoms with Gasteiger partial charge < -0.3 is 5.32 Å². The molecule has 2 unspecified atom stereocenters. The van der Waals surface area contributed by atoms with Crippen molar-refractivity contribution in [2.24, 2.45) is 5.92 Å². The third-order valence-corrected chi connectivity index (χ3v) is 4.86. The maximum Gasteiger partial charge on any atom is 0.0672 e. The smallest absolute Gasteiger partial charge is 0.0672 e. The fourth-order valence-electron chi connectivity index (χ4n) is 3.38. The van der Waals surface area contributed by atoms with Gasteiger partial charge in [0.15, 0.2) is 0 Å². The Balaban J connectivity index is 1.50. The summed E-state index contributed by atoms with van der Waals surface area (Å²) in [5.74, 6) is 0.895. The van der Waals surface area contributed by atoms with Crippen LogP contribution in [-0.4, -0.2) is 12.1 Å². The number of benzene rings is 1. The number of nitrogens with one attached hydrogen (secondary N) is 1. The Morgan fingerprint density at radius 2 is 1.89 bits per heavy atom. The summed E-state index contributed by atoms with van der Waals surface area (Å²) >= 11 is 5.91. The largest absolute Gasteiger partial charge is 0.310 e. The molecule has 0 spiro atoms. The Kier molecular flexibility index (Phi) is 3.77. The molecule has 19 heavy (non-hydrogen) atoms. The van der Waals surface area contributed by atoms with Crippen molar-refractivity contribution in [2.45, 2.75) is 50.1 Å². The minimum atomic E-state index is 0.231. The first-order chi connectivity index (χ1) is 9.26. The van der Waals surface area contributed by atoms with E-state index in [1.807, 2.05) is 12.1 Å². The summed E-state index contributed by atoms with van der Waals surface area (Å²) in [6, 6.07) is 11.7. The molecule has 0 amide bonds. The number of hydrogen-bond donors (Lipinski definition) is 1. The molecule has 0 radical (unpaired) electrons. The summed E-state index contributed by atoms with van der Waals surface area (Å²) < 4.78 is 0. The van der Waals surface area contributed by atoms with Crippen molar-refractivity contribution in [2.75, 3.05) is 0 Å². The second-order valence-corrected chi connectivity index (χ2v) is 6.29. The van der Waals surface area contributed by atoms with Gasteiger partial charge in [-0.1, -0.05) is 30.2 Å². The van der Waals surface area contributed by atoms with Gasteiger partial charge in [0.1, 0.15) is 0 Å². The number of nitriles is 1. The van der Waals surface area contributed by atoms with Gasteiger partial charge in [0, 0.05) is 17.1 Å². The molecule has 1 aromatic carbocycles. The lowest BCUT2D eigenvalue weighted by molar-refractivity contribution is 0.254. The Bertz CT molecular complexity index is 471. The van der Waals surface area contributed by atoms with E-state index >= 15 is 0 Å². The second kappa shape index (κ2) is 5.53. The lowest BCUT2D eigenvalue weighted by atomic mass is 9.75. The molecule has 100 valence electrons. The number of rotatable bonds is 3. The fraction of sp³-hybridized carbons (Fsp3) is 0.562. The Morgan fingerprint density at radius 3 is 2.58 bits per heavy atom. The molecule has 0 bridgehead atoms. The first kappa shape index (κ1) is 13.0. The summed E-state index contributed by atoms with van der Waals surface area (Å²) in [6.07, 6.45) is 5.82. The zero-order chi connectivity index (χ0) is 13.2. The highest BCUT2D eigenvalue weighted by molar-refractivity contribution is 6.30. The number of nitrogens with zero attached hydrogens (tertiary/aromatic N) is 1. The van der Waals surface area contributed by atoms with E-state index in [-0.39, 0.29) is 5.92 Å². The van der Waals surface area contributed by atoms with Crippen LogP contribution in [0.1, 0.15) is 43.6 Å². The maximum absolute atomic E-state index is 9.09. The molecule has 0 saturated heterocycles. The predicted octanol–water partition coefficient (Wildman–Crippen LogP) is 3.87. The van der Waals surface area contributed by atoms with Gasteiger partial charge in [-0.15, -0.1) is 0 Å². The molecule has 3 heteroatoms. The van der Waals surface area contributed by atoms with Gasteiger partial charge in [-0.05, 0) is 49.3 Å². The summed E-state index contributed by atoms with van der Waals surface area (Å²) in [5, 5.41) is 13.6. The van der Waals surface area contributed by atoms with Crippen LogP contribution in [0.4, 0.5) is 0 Å². The molecule has 0 aliphatic heterocycles. The van der Waals surface area contributed by atoms with Crippen molar-refractivity contribution < 1.29 is 0 Å². The third kappa shape index (κ3) is 2.78. The molecule has 2 aliphatic carbocycles. The van der Waals surface area contributed by atoms with Crippen LogP contribution in [0.25, 0.3) is 0 Å². The van der Waals surface area contributed by atoms with Gasteiger partial charge in [0.2, 0.25) is 0 Å². The highest BCUT2D eigenvalue weighted by Crippen LogP contribution is 2.38. The lowest BCUT2D eigenvalue weighted by Gasteiger charge is -2.38. The molecule has 2 nitrogen and oxygen atoms in total. The topological polar surface area (TPSA) is 35.8 Å². The predicted molar refractivity (Wildman–Crippen MR) is 77.1 cm³/mol. The van der Waals surface area contributed by atoms with Crippen LogP contribution in [0, 0.1) is 17.2 Å². The van der Waals surface area contributed by atoms with Crippen molar-refractivity contribution in [3.8, 4) is 6.07 Å². The van der Waals surface area contributed by atoms with Crippen molar-refractivity contribution in [1.82, 2.24) is 5.32 Å². The monoisotopic (exact) mass is 274 g/mol. The summed E-state index contributed by atoms with van der Waals surface area (Å²) in [6.45, 7) is 0. The molecule has 1 N–H and O–H groups in total. The lowest BCUT2D eigenvalue weighted by Crippen LogP contribution is -2.46. The number of hydrogen-bond acceptors (Lipinski definition) is 2. The Morgan fingerprint density at radius 1 is 1.16 bits per heavy atom. The van der Waals surface area contributed by atoms with Crippen molar-refractivity contribution >= 4 is 11.6 Å². The normalized spacial score (nSPS) is 33.7. The summed E-state index contributed by atoms with van der Waals surface area (Å²) in [4.78, 5) is 0. The van der Waals surface area contributed by atoms with Crippen LogP contribution in [0.2, 0.25) is 5.02 Å². The van der Waals surface area contributed by atoms with E-state index < -0.39 is 0 Å². The van der Waals surface area contributed by atoms with E-state index in [9.17, 15) is 0 Å². The number of halogens is 1. The van der Waals surface area contributed by atoms with E-state index in [1.54, 1.807) is 0 Å². The molecular weight excluding hydrogens is 256 g/mol. The SMILES string of the molecule is N#CC1CCCC1NC1CC(c2ccc(Cl)cc2)C1. The summed E-state index contributed by atoms with van der Waals surface area (Å²) in [7, 11) is 0. The molecule has 0 aromatic heterocycles. The van der Waals surface area contributed by atoms with Gasteiger partial charge in [0.25, 0.3) is 0 Å². The quantitative estimate of drug-likeness (QED) is 0.908. The van der Waals surface area contributed by atoms with Crippen molar-refractivity contribution in [3.05, 3.63) is 34.9 Å². The molecule has 0 heterocycles. The van der Waals surface area contributed by atoms with E-state index in [0.29, 0.717) is 18.0 Å². The first-order valence-corrected chi connectivity index (χ1v) is 7.55. The summed E-state index contributed by atoms with van der Waals surface area (Å²) in [5.41, 5.74) is 1.39. The van der Waals surface area contributed by atoms with Crippen LogP contribution in [0.3, 0.4) is 0 Å². The van der Waals surface area contributed by atoms with Gasteiger partial charge >= 0.3 is 0 Å². The van der Waals surface area contributed by atoms with Gasteiger partial charge in [-0.2, -0.15) is 5.26 Å². The Labute approximate surface area is 119 Å². The molecule has 1 aromatic rings. The standard InChI is InChI=1S/C16H19ClN2/c17-14-6-4-11(5-7-14)13-8-15(9-13)19-16-3-1-2-12(16)10-18/h4-7,12-13,15-16,19H,1-3,8-9H2. The molecule has 2 saturated carbocycles. The van der Waals surface area contributed by atoms with Gasteiger partial charge in [0.05, 0.1) is 12.0 Å². The molecular formula is C16H19ClN2. The van der Waals surface area contributed by atoms with E-state index in [0.717, 1.165) is 11.4 Å². The maximum atomic E-state index is 9.09. The average molecular weight is 275 g/mol. The zero-order valence-corrected chi connectivity index (χ0v) is 11.7. The molecule has 2 aliphatic rings. The van der Waals surface area contributed by atoms with Crippen molar-refractivity contribution in [3.63, 3.8) is 0 Å². The zero-order valence-electron chi connectivity index (χ0n) is 11.0. The highest BCUT2D eigenvalue weighted by Gasteiger charge is 2.35.